The lowest BCUT2D eigenvalue weighted by Gasteiger charge is -2.31. The van der Waals surface area contributed by atoms with Crippen LogP contribution in [-0.2, 0) is 0 Å². The molecule has 1 saturated heterocycles. The van der Waals surface area contributed by atoms with E-state index in [-0.39, 0.29) is 6.61 Å². The first-order chi connectivity index (χ1) is 8.76. The third kappa shape index (κ3) is 2.15. The van der Waals surface area contributed by atoms with Gasteiger partial charge in [0, 0.05) is 25.4 Å². The van der Waals surface area contributed by atoms with Gasteiger partial charge >= 0.3 is 0 Å². The summed E-state index contributed by atoms with van der Waals surface area (Å²) in [6.07, 6.45) is 2.24. The standard InChI is InChI=1S/C13H17N3OS/c14-10-3-4-11-12(6-10)18-13(15-11)16-5-1-2-9(7-16)8-17/h3-4,6,9,17H,1-2,5,7-8,14H2. The number of rotatable bonds is 2. The molecule has 96 valence electrons. The van der Waals surface area contributed by atoms with Gasteiger partial charge in [-0.2, -0.15) is 0 Å². The number of hydrogen-bond acceptors (Lipinski definition) is 5. The molecule has 5 heteroatoms. The predicted octanol–water partition coefficient (Wildman–Crippen LogP) is 2.09. The fourth-order valence-corrected chi connectivity index (χ4v) is 3.50. The van der Waals surface area contributed by atoms with E-state index in [1.54, 1.807) is 11.3 Å². The first-order valence-electron chi connectivity index (χ1n) is 6.28. The van der Waals surface area contributed by atoms with E-state index in [1.165, 1.54) is 0 Å². The molecule has 1 aliphatic heterocycles. The molecule has 1 aliphatic rings. The zero-order valence-corrected chi connectivity index (χ0v) is 11.0. The normalized spacial score (nSPS) is 20.5. The van der Waals surface area contributed by atoms with Gasteiger partial charge in [0.2, 0.25) is 0 Å². The van der Waals surface area contributed by atoms with Crippen molar-refractivity contribution in [3.05, 3.63) is 18.2 Å². The Kier molecular flexibility index (Phi) is 3.09. The van der Waals surface area contributed by atoms with Crippen molar-refractivity contribution in [2.24, 2.45) is 5.92 Å². The number of aliphatic hydroxyl groups is 1. The highest BCUT2D eigenvalue weighted by Crippen LogP contribution is 2.32. The molecule has 4 nitrogen and oxygen atoms in total. The van der Waals surface area contributed by atoms with Crippen molar-refractivity contribution in [1.29, 1.82) is 0 Å². The smallest absolute Gasteiger partial charge is 0.186 e. The van der Waals surface area contributed by atoms with Crippen LogP contribution in [0.15, 0.2) is 18.2 Å². The fraction of sp³-hybridized carbons (Fsp3) is 0.462. The van der Waals surface area contributed by atoms with Crippen molar-refractivity contribution in [3.8, 4) is 0 Å². The van der Waals surface area contributed by atoms with E-state index in [0.29, 0.717) is 5.92 Å². The zero-order valence-electron chi connectivity index (χ0n) is 10.2. The average Bonchev–Trinajstić information content (AvgIpc) is 2.81. The Morgan fingerprint density at radius 2 is 2.39 bits per heavy atom. The second kappa shape index (κ2) is 4.74. The molecule has 0 aliphatic carbocycles. The number of benzene rings is 1. The van der Waals surface area contributed by atoms with Crippen LogP contribution in [0.25, 0.3) is 10.2 Å². The van der Waals surface area contributed by atoms with E-state index in [4.69, 9.17) is 5.73 Å². The first kappa shape index (κ1) is 11.7. The molecule has 2 heterocycles. The highest BCUT2D eigenvalue weighted by Gasteiger charge is 2.21. The summed E-state index contributed by atoms with van der Waals surface area (Å²) in [5, 5.41) is 10.3. The summed E-state index contributed by atoms with van der Waals surface area (Å²) in [5.74, 6) is 0.385. The Bertz CT molecular complexity index is 554. The van der Waals surface area contributed by atoms with Gasteiger partial charge in [-0.15, -0.1) is 0 Å². The van der Waals surface area contributed by atoms with Gasteiger partial charge in [0.1, 0.15) is 0 Å². The number of nitrogens with two attached hydrogens (primary N) is 1. The maximum Gasteiger partial charge on any atom is 0.186 e. The SMILES string of the molecule is Nc1ccc2nc(N3CCCC(CO)C3)sc2c1. The van der Waals surface area contributed by atoms with Crippen molar-refractivity contribution in [2.75, 3.05) is 30.3 Å². The zero-order chi connectivity index (χ0) is 12.5. The van der Waals surface area contributed by atoms with Gasteiger partial charge in [0.05, 0.1) is 10.2 Å². The Balaban J connectivity index is 1.89. The number of fused-ring (bicyclic) bond motifs is 1. The van der Waals surface area contributed by atoms with Gasteiger partial charge < -0.3 is 15.7 Å². The number of thiazole rings is 1. The van der Waals surface area contributed by atoms with Crippen LogP contribution in [-0.4, -0.2) is 29.8 Å². The summed E-state index contributed by atoms with van der Waals surface area (Å²) < 4.78 is 1.14. The lowest BCUT2D eigenvalue weighted by atomic mass is 10.00. The van der Waals surface area contributed by atoms with E-state index in [9.17, 15) is 5.11 Å². The van der Waals surface area contributed by atoms with Gasteiger partial charge in [0.25, 0.3) is 0 Å². The number of aromatic nitrogens is 1. The fourth-order valence-electron chi connectivity index (χ4n) is 2.45. The third-order valence-electron chi connectivity index (χ3n) is 3.45. The minimum Gasteiger partial charge on any atom is -0.399 e. The van der Waals surface area contributed by atoms with E-state index >= 15 is 0 Å². The van der Waals surface area contributed by atoms with Gasteiger partial charge in [-0.25, -0.2) is 4.98 Å². The molecule has 1 aromatic heterocycles. The third-order valence-corrected chi connectivity index (χ3v) is 4.53. The Morgan fingerprint density at radius 1 is 1.50 bits per heavy atom. The Labute approximate surface area is 110 Å². The van der Waals surface area contributed by atoms with Crippen molar-refractivity contribution < 1.29 is 5.11 Å². The molecule has 18 heavy (non-hydrogen) atoms. The summed E-state index contributed by atoms with van der Waals surface area (Å²) in [4.78, 5) is 6.94. The van der Waals surface area contributed by atoms with Crippen molar-refractivity contribution in [2.45, 2.75) is 12.8 Å². The Morgan fingerprint density at radius 3 is 3.22 bits per heavy atom. The summed E-state index contributed by atoms with van der Waals surface area (Å²) in [5.41, 5.74) is 7.58. The van der Waals surface area contributed by atoms with E-state index in [1.807, 2.05) is 18.2 Å². The molecule has 1 atom stereocenters. The lowest BCUT2D eigenvalue weighted by molar-refractivity contribution is 0.208. The number of hydrogen-bond donors (Lipinski definition) is 2. The summed E-state index contributed by atoms with van der Waals surface area (Å²) in [6, 6.07) is 5.83. The molecular weight excluding hydrogens is 246 g/mol. The summed E-state index contributed by atoms with van der Waals surface area (Å²) >= 11 is 1.68. The van der Waals surface area contributed by atoms with Crippen LogP contribution in [0.1, 0.15) is 12.8 Å². The molecule has 0 spiro atoms. The number of nitrogen functional groups attached to an aromatic ring is 1. The van der Waals surface area contributed by atoms with Crippen LogP contribution in [0.3, 0.4) is 0 Å². The quantitative estimate of drug-likeness (QED) is 0.814. The van der Waals surface area contributed by atoms with E-state index in [0.717, 1.165) is 47.0 Å². The molecule has 0 bridgehead atoms. The highest BCUT2D eigenvalue weighted by atomic mass is 32.1. The number of nitrogens with zero attached hydrogens (tertiary/aromatic N) is 2. The molecular formula is C13H17N3OS. The molecule has 1 unspecified atom stereocenters. The van der Waals surface area contributed by atoms with E-state index in [2.05, 4.69) is 9.88 Å². The summed E-state index contributed by atoms with van der Waals surface area (Å²) in [7, 11) is 0. The van der Waals surface area contributed by atoms with Crippen LogP contribution in [0.2, 0.25) is 0 Å². The summed E-state index contributed by atoms with van der Waals surface area (Å²) in [6.45, 7) is 2.21. The molecule has 3 N–H and O–H groups in total. The van der Waals surface area contributed by atoms with Gasteiger partial charge in [-0.1, -0.05) is 11.3 Å². The molecule has 1 fully saturated rings. The molecule has 3 rings (SSSR count). The van der Waals surface area contributed by atoms with Crippen molar-refractivity contribution in [1.82, 2.24) is 4.98 Å². The predicted molar refractivity (Wildman–Crippen MR) is 76.1 cm³/mol. The van der Waals surface area contributed by atoms with Crippen molar-refractivity contribution in [3.63, 3.8) is 0 Å². The van der Waals surface area contributed by atoms with Crippen LogP contribution in [0, 0.1) is 5.92 Å². The van der Waals surface area contributed by atoms with Gasteiger partial charge in [-0.3, -0.25) is 0 Å². The molecule has 0 radical (unpaired) electrons. The minimum atomic E-state index is 0.272. The lowest BCUT2D eigenvalue weighted by Crippen LogP contribution is -2.36. The molecule has 2 aromatic rings. The topological polar surface area (TPSA) is 62.4 Å². The van der Waals surface area contributed by atoms with Gasteiger partial charge in [0.15, 0.2) is 5.13 Å². The van der Waals surface area contributed by atoms with Crippen LogP contribution < -0.4 is 10.6 Å². The number of anilines is 2. The molecule has 1 aromatic carbocycles. The van der Waals surface area contributed by atoms with Crippen LogP contribution >= 0.6 is 11.3 Å². The van der Waals surface area contributed by atoms with Crippen LogP contribution in [0.5, 0.6) is 0 Å². The Hall–Kier alpha value is -1.33. The molecule has 0 amide bonds. The maximum atomic E-state index is 9.27. The largest absolute Gasteiger partial charge is 0.399 e. The first-order valence-corrected chi connectivity index (χ1v) is 7.10. The number of aliphatic hydroxyl groups excluding tert-OH is 1. The monoisotopic (exact) mass is 263 g/mol. The highest BCUT2D eigenvalue weighted by molar-refractivity contribution is 7.22. The average molecular weight is 263 g/mol. The minimum absolute atomic E-state index is 0.272. The maximum absolute atomic E-state index is 9.27. The second-order valence-corrected chi connectivity index (χ2v) is 5.87. The second-order valence-electron chi connectivity index (χ2n) is 4.86. The molecule has 0 saturated carbocycles. The van der Waals surface area contributed by atoms with Crippen molar-refractivity contribution >= 4 is 32.4 Å². The number of piperidine rings is 1. The van der Waals surface area contributed by atoms with Crippen LogP contribution in [0.4, 0.5) is 10.8 Å². The van der Waals surface area contributed by atoms with E-state index < -0.39 is 0 Å². The van der Waals surface area contributed by atoms with Gasteiger partial charge in [-0.05, 0) is 37.0 Å².